The molecule has 5 heteroatoms. The zero-order valence-electron chi connectivity index (χ0n) is 14.6. The van der Waals surface area contributed by atoms with Gasteiger partial charge in [0.2, 0.25) is 0 Å². The van der Waals surface area contributed by atoms with Gasteiger partial charge >= 0.3 is 6.03 Å². The minimum absolute atomic E-state index is 0.138. The number of carbonyl (C=O) groups is 1. The van der Waals surface area contributed by atoms with Crippen LogP contribution in [-0.4, -0.2) is 25.8 Å². The van der Waals surface area contributed by atoms with Crippen LogP contribution in [0.5, 0.6) is 11.5 Å². The van der Waals surface area contributed by atoms with Crippen LogP contribution in [-0.2, 0) is 0 Å². The largest absolute Gasteiger partial charge is 0.495 e. The van der Waals surface area contributed by atoms with Gasteiger partial charge in [0, 0.05) is 0 Å². The highest BCUT2D eigenvalue weighted by molar-refractivity contribution is 5.91. The molecule has 2 aromatic rings. The number of amides is 2. The molecule has 0 saturated carbocycles. The van der Waals surface area contributed by atoms with Crippen molar-refractivity contribution in [3.63, 3.8) is 0 Å². The van der Waals surface area contributed by atoms with Crippen LogP contribution in [0.15, 0.2) is 42.5 Å². The van der Waals surface area contributed by atoms with Crippen molar-refractivity contribution >= 4 is 11.7 Å². The maximum atomic E-state index is 12.1. The molecule has 0 saturated heterocycles. The Morgan fingerprint density at radius 1 is 1.12 bits per heavy atom. The van der Waals surface area contributed by atoms with Crippen LogP contribution in [0, 0.1) is 13.8 Å². The fraction of sp³-hybridized carbons (Fsp3) is 0.316. The normalized spacial score (nSPS) is 11.5. The summed E-state index contributed by atoms with van der Waals surface area (Å²) in [5, 5.41) is 5.62. The van der Waals surface area contributed by atoms with Gasteiger partial charge < -0.3 is 20.1 Å². The number of rotatable bonds is 6. The standard InChI is InChI=1S/C19H24N2O3/c1-13-9-10-16(11-14(13)2)24-12-15(3)20-19(22)21-17-7-5-6-8-18(17)23-4/h5-11,15H,12H2,1-4H3,(H2,20,21,22)/t15-/m0/s1. The van der Waals surface area contributed by atoms with Gasteiger partial charge in [0.05, 0.1) is 18.8 Å². The second-order valence-corrected chi connectivity index (χ2v) is 5.76. The number of methoxy groups -OCH3 is 1. The van der Waals surface area contributed by atoms with Crippen molar-refractivity contribution in [2.45, 2.75) is 26.8 Å². The van der Waals surface area contributed by atoms with E-state index in [1.807, 2.05) is 44.2 Å². The Hall–Kier alpha value is -2.69. The van der Waals surface area contributed by atoms with Gasteiger partial charge in [-0.25, -0.2) is 4.79 Å². The predicted molar refractivity (Wildman–Crippen MR) is 96.0 cm³/mol. The number of hydrogen-bond acceptors (Lipinski definition) is 3. The highest BCUT2D eigenvalue weighted by atomic mass is 16.5. The predicted octanol–water partition coefficient (Wildman–Crippen LogP) is 3.90. The third-order valence-corrected chi connectivity index (χ3v) is 3.71. The summed E-state index contributed by atoms with van der Waals surface area (Å²) in [6, 6.07) is 12.8. The lowest BCUT2D eigenvalue weighted by Gasteiger charge is -2.17. The monoisotopic (exact) mass is 328 g/mol. The molecule has 0 radical (unpaired) electrons. The van der Waals surface area contributed by atoms with E-state index < -0.39 is 0 Å². The molecule has 0 heterocycles. The number of aryl methyl sites for hydroxylation is 2. The third kappa shape index (κ3) is 4.91. The summed E-state index contributed by atoms with van der Waals surface area (Å²) in [4.78, 5) is 12.1. The second-order valence-electron chi connectivity index (χ2n) is 5.76. The molecule has 0 bridgehead atoms. The maximum absolute atomic E-state index is 12.1. The summed E-state index contributed by atoms with van der Waals surface area (Å²) in [6.45, 7) is 6.39. The fourth-order valence-corrected chi connectivity index (χ4v) is 2.20. The summed E-state index contributed by atoms with van der Waals surface area (Å²) in [5.74, 6) is 1.42. The lowest BCUT2D eigenvalue weighted by atomic mass is 10.1. The number of para-hydroxylation sites is 2. The number of carbonyl (C=O) groups excluding carboxylic acids is 1. The van der Waals surface area contributed by atoms with Crippen molar-refractivity contribution < 1.29 is 14.3 Å². The van der Waals surface area contributed by atoms with E-state index in [1.54, 1.807) is 19.2 Å². The quantitative estimate of drug-likeness (QED) is 0.845. The van der Waals surface area contributed by atoms with E-state index in [-0.39, 0.29) is 12.1 Å². The fourth-order valence-electron chi connectivity index (χ4n) is 2.20. The van der Waals surface area contributed by atoms with Crippen LogP contribution in [0.3, 0.4) is 0 Å². The average molecular weight is 328 g/mol. The van der Waals surface area contributed by atoms with Crippen molar-refractivity contribution in [3.05, 3.63) is 53.6 Å². The number of urea groups is 1. The van der Waals surface area contributed by atoms with Gasteiger partial charge in [-0.05, 0) is 56.2 Å². The molecule has 24 heavy (non-hydrogen) atoms. The number of benzene rings is 2. The molecule has 1 atom stereocenters. The Labute approximate surface area is 143 Å². The van der Waals surface area contributed by atoms with E-state index in [2.05, 4.69) is 17.6 Å². The zero-order valence-corrected chi connectivity index (χ0v) is 14.6. The molecule has 0 fully saturated rings. The molecule has 128 valence electrons. The van der Waals surface area contributed by atoms with Gasteiger partial charge in [0.15, 0.2) is 0 Å². The Kier molecular flexibility index (Phi) is 6.07. The summed E-state index contributed by atoms with van der Waals surface area (Å²) in [7, 11) is 1.57. The second kappa shape index (κ2) is 8.24. The lowest BCUT2D eigenvalue weighted by molar-refractivity contribution is 0.236. The highest BCUT2D eigenvalue weighted by Gasteiger charge is 2.10. The Morgan fingerprint density at radius 2 is 1.88 bits per heavy atom. The topological polar surface area (TPSA) is 59.6 Å². The Balaban J connectivity index is 1.84. The van der Waals surface area contributed by atoms with Gasteiger partial charge in [0.25, 0.3) is 0 Å². The van der Waals surface area contributed by atoms with Crippen molar-refractivity contribution in [1.82, 2.24) is 5.32 Å². The molecule has 5 nitrogen and oxygen atoms in total. The zero-order chi connectivity index (χ0) is 17.5. The number of ether oxygens (including phenoxy) is 2. The molecule has 0 aliphatic carbocycles. The first-order chi connectivity index (χ1) is 11.5. The van der Waals surface area contributed by atoms with E-state index >= 15 is 0 Å². The molecule has 0 spiro atoms. The summed E-state index contributed by atoms with van der Waals surface area (Å²) < 4.78 is 10.9. The lowest BCUT2D eigenvalue weighted by Crippen LogP contribution is -2.39. The van der Waals surface area contributed by atoms with Gasteiger partial charge in [-0.3, -0.25) is 0 Å². The van der Waals surface area contributed by atoms with Crippen LogP contribution in [0.2, 0.25) is 0 Å². The Bertz CT molecular complexity index is 701. The van der Waals surface area contributed by atoms with Crippen molar-refractivity contribution in [1.29, 1.82) is 0 Å². The molecule has 2 rings (SSSR count). The van der Waals surface area contributed by atoms with Crippen molar-refractivity contribution in [2.24, 2.45) is 0 Å². The molecule has 2 aromatic carbocycles. The third-order valence-electron chi connectivity index (χ3n) is 3.71. The molecule has 2 amide bonds. The van der Waals surface area contributed by atoms with Gasteiger partial charge in [-0.2, -0.15) is 0 Å². The molecular formula is C19H24N2O3. The summed E-state index contributed by atoms with van der Waals surface area (Å²) >= 11 is 0. The van der Waals surface area contributed by atoms with E-state index in [9.17, 15) is 4.79 Å². The van der Waals surface area contributed by atoms with Gasteiger partial charge in [0.1, 0.15) is 18.1 Å². The van der Waals surface area contributed by atoms with Crippen LogP contribution < -0.4 is 20.1 Å². The molecular weight excluding hydrogens is 304 g/mol. The van der Waals surface area contributed by atoms with E-state index in [0.29, 0.717) is 18.0 Å². The van der Waals surface area contributed by atoms with Crippen molar-refractivity contribution in [2.75, 3.05) is 19.0 Å². The van der Waals surface area contributed by atoms with Crippen LogP contribution in [0.1, 0.15) is 18.1 Å². The molecule has 2 N–H and O–H groups in total. The highest BCUT2D eigenvalue weighted by Crippen LogP contribution is 2.22. The van der Waals surface area contributed by atoms with E-state index in [1.165, 1.54) is 11.1 Å². The first-order valence-corrected chi connectivity index (χ1v) is 7.90. The number of hydrogen-bond donors (Lipinski definition) is 2. The van der Waals surface area contributed by atoms with E-state index in [0.717, 1.165) is 5.75 Å². The Morgan fingerprint density at radius 3 is 2.58 bits per heavy atom. The van der Waals surface area contributed by atoms with Crippen molar-refractivity contribution in [3.8, 4) is 11.5 Å². The molecule has 0 aliphatic heterocycles. The van der Waals surface area contributed by atoms with Gasteiger partial charge in [-0.15, -0.1) is 0 Å². The SMILES string of the molecule is COc1ccccc1NC(=O)N[C@@H](C)COc1ccc(C)c(C)c1. The number of anilines is 1. The maximum Gasteiger partial charge on any atom is 0.319 e. The minimum Gasteiger partial charge on any atom is -0.495 e. The summed E-state index contributed by atoms with van der Waals surface area (Å²) in [6.07, 6.45) is 0. The first kappa shape index (κ1) is 17.7. The molecule has 0 unspecified atom stereocenters. The van der Waals surface area contributed by atoms with Crippen LogP contribution >= 0.6 is 0 Å². The van der Waals surface area contributed by atoms with E-state index in [4.69, 9.17) is 9.47 Å². The van der Waals surface area contributed by atoms with Crippen LogP contribution in [0.4, 0.5) is 10.5 Å². The first-order valence-electron chi connectivity index (χ1n) is 7.90. The summed E-state index contributed by atoms with van der Waals surface area (Å²) in [5.41, 5.74) is 3.03. The molecule has 0 aromatic heterocycles. The minimum atomic E-state index is -0.296. The average Bonchev–Trinajstić information content (AvgIpc) is 2.56. The van der Waals surface area contributed by atoms with Crippen LogP contribution in [0.25, 0.3) is 0 Å². The molecule has 0 aliphatic rings. The van der Waals surface area contributed by atoms with Gasteiger partial charge in [-0.1, -0.05) is 18.2 Å². The smallest absolute Gasteiger partial charge is 0.319 e. The number of nitrogens with one attached hydrogen (secondary N) is 2.